The van der Waals surface area contributed by atoms with Gasteiger partial charge in [-0.1, -0.05) is 12.7 Å². The molecule has 0 bridgehead atoms. The molecule has 13 heavy (non-hydrogen) atoms. The number of nitrogens with two attached hydrogens (primary N) is 1. The third-order valence-corrected chi connectivity index (χ3v) is 1.69. The maximum absolute atomic E-state index is 10.6. The van der Waals surface area contributed by atoms with Gasteiger partial charge in [0.2, 0.25) is 0 Å². The molecule has 4 nitrogen and oxygen atoms in total. The number of carboxylic acids is 1. The van der Waals surface area contributed by atoms with E-state index in [1.54, 1.807) is 0 Å². The Labute approximate surface area is 74.9 Å². The van der Waals surface area contributed by atoms with Gasteiger partial charge in [-0.25, -0.2) is 4.79 Å². The molecule has 4 heteroatoms. The number of rotatable bonds is 2. The van der Waals surface area contributed by atoms with Crippen molar-refractivity contribution in [3.05, 3.63) is 29.8 Å². The van der Waals surface area contributed by atoms with Gasteiger partial charge in [-0.05, 0) is 12.1 Å². The fourth-order valence-electron chi connectivity index (χ4n) is 1.01. The van der Waals surface area contributed by atoms with Crippen molar-refractivity contribution in [2.75, 3.05) is 5.73 Å². The molecule has 0 amide bonds. The Hall–Kier alpha value is -1.97. The summed E-state index contributed by atoms with van der Waals surface area (Å²) in [5.74, 6) is -1.54. The van der Waals surface area contributed by atoms with Crippen LogP contribution in [0.25, 0.3) is 6.08 Å². The van der Waals surface area contributed by atoms with Crippen molar-refractivity contribution in [3.8, 4) is 5.75 Å². The van der Waals surface area contributed by atoms with E-state index in [1.165, 1.54) is 18.2 Å². The maximum Gasteiger partial charge on any atom is 0.339 e. The minimum Gasteiger partial charge on any atom is -0.506 e. The lowest BCUT2D eigenvalue weighted by Crippen LogP contribution is -2.00. The average Bonchev–Trinajstić information content (AvgIpc) is 2.04. The van der Waals surface area contributed by atoms with Gasteiger partial charge in [-0.2, -0.15) is 0 Å². The van der Waals surface area contributed by atoms with Crippen molar-refractivity contribution in [1.82, 2.24) is 0 Å². The fraction of sp³-hybridized carbons (Fsp3) is 0. The molecule has 0 saturated carbocycles. The molecule has 0 atom stereocenters. The summed E-state index contributed by atoms with van der Waals surface area (Å²) in [4.78, 5) is 10.6. The van der Waals surface area contributed by atoms with E-state index < -0.39 is 5.97 Å². The zero-order valence-corrected chi connectivity index (χ0v) is 6.82. The quantitative estimate of drug-likeness (QED) is 0.598. The molecule has 1 aromatic carbocycles. The van der Waals surface area contributed by atoms with Crippen molar-refractivity contribution < 1.29 is 15.0 Å². The molecule has 0 radical (unpaired) electrons. The Balaban J connectivity index is 3.44. The summed E-state index contributed by atoms with van der Waals surface area (Å²) in [7, 11) is 0. The van der Waals surface area contributed by atoms with Crippen LogP contribution in [0.3, 0.4) is 0 Å². The number of nitrogen functional groups attached to an aromatic ring is 1. The Bertz CT molecular complexity index is 371. The Kier molecular flexibility index (Phi) is 2.23. The number of phenols is 1. The molecule has 4 N–H and O–H groups in total. The highest BCUT2D eigenvalue weighted by Gasteiger charge is 2.13. The number of carbonyl (C=O) groups is 1. The van der Waals surface area contributed by atoms with Crippen molar-refractivity contribution in [3.63, 3.8) is 0 Å². The van der Waals surface area contributed by atoms with E-state index >= 15 is 0 Å². The highest BCUT2D eigenvalue weighted by atomic mass is 16.4. The normalized spacial score (nSPS) is 9.54. The minimum absolute atomic E-state index is 0.177. The molecule has 1 rings (SSSR count). The molecule has 1 aromatic rings. The first-order valence-corrected chi connectivity index (χ1v) is 3.55. The molecule has 0 heterocycles. The van der Waals surface area contributed by atoms with E-state index in [4.69, 9.17) is 10.8 Å². The average molecular weight is 179 g/mol. The van der Waals surface area contributed by atoms with Gasteiger partial charge in [0.25, 0.3) is 0 Å². The van der Waals surface area contributed by atoms with Crippen molar-refractivity contribution in [1.29, 1.82) is 0 Å². The molecule has 0 aliphatic carbocycles. The van der Waals surface area contributed by atoms with Gasteiger partial charge in [0.05, 0.1) is 0 Å². The van der Waals surface area contributed by atoms with Crippen LogP contribution >= 0.6 is 0 Å². The number of benzene rings is 1. The zero-order chi connectivity index (χ0) is 10.0. The number of anilines is 1. The summed E-state index contributed by atoms with van der Waals surface area (Å²) in [6, 6.07) is 2.67. The minimum atomic E-state index is -1.19. The second kappa shape index (κ2) is 3.18. The van der Waals surface area contributed by atoms with Crippen LogP contribution < -0.4 is 5.73 Å². The van der Waals surface area contributed by atoms with Crippen LogP contribution in [0.4, 0.5) is 5.69 Å². The summed E-state index contributed by atoms with van der Waals surface area (Å²) in [5, 5.41) is 18.0. The number of aromatic hydroxyl groups is 1. The lowest BCUT2D eigenvalue weighted by molar-refractivity contribution is 0.0694. The zero-order valence-electron chi connectivity index (χ0n) is 6.82. The molecule has 0 aromatic heterocycles. The van der Waals surface area contributed by atoms with Crippen molar-refractivity contribution in [2.45, 2.75) is 0 Å². The van der Waals surface area contributed by atoms with Gasteiger partial charge in [0.15, 0.2) is 0 Å². The van der Waals surface area contributed by atoms with Crippen LogP contribution in [0.15, 0.2) is 18.7 Å². The summed E-state index contributed by atoms with van der Waals surface area (Å²) < 4.78 is 0. The van der Waals surface area contributed by atoms with E-state index in [0.29, 0.717) is 5.69 Å². The molecule has 68 valence electrons. The molecular weight excluding hydrogens is 170 g/mol. The second-order valence-corrected chi connectivity index (χ2v) is 2.47. The van der Waals surface area contributed by atoms with Crippen LogP contribution in [-0.4, -0.2) is 16.2 Å². The van der Waals surface area contributed by atoms with Crippen LogP contribution in [0.5, 0.6) is 5.75 Å². The highest BCUT2D eigenvalue weighted by molar-refractivity contribution is 5.93. The topological polar surface area (TPSA) is 83.6 Å². The Morgan fingerprint density at radius 1 is 1.54 bits per heavy atom. The third-order valence-electron chi connectivity index (χ3n) is 1.69. The fourth-order valence-corrected chi connectivity index (χ4v) is 1.01. The van der Waals surface area contributed by atoms with Gasteiger partial charge in [-0.15, -0.1) is 0 Å². The summed E-state index contributed by atoms with van der Waals surface area (Å²) in [5.41, 5.74) is 5.85. The Morgan fingerprint density at radius 3 is 2.62 bits per heavy atom. The van der Waals surface area contributed by atoms with E-state index in [-0.39, 0.29) is 16.9 Å². The molecule has 0 unspecified atom stereocenters. The van der Waals surface area contributed by atoms with E-state index in [0.717, 1.165) is 0 Å². The lowest BCUT2D eigenvalue weighted by Gasteiger charge is -2.05. The molecule has 0 spiro atoms. The van der Waals surface area contributed by atoms with Crippen LogP contribution in [0.2, 0.25) is 0 Å². The monoisotopic (exact) mass is 179 g/mol. The molecule has 0 aliphatic heterocycles. The predicted octanol–water partition coefficient (Wildman–Crippen LogP) is 1.32. The SMILES string of the molecule is C=Cc1c(N)ccc(C(=O)O)c1O. The number of carboxylic acid groups (broad SMARTS) is 1. The predicted molar refractivity (Wildman–Crippen MR) is 49.6 cm³/mol. The first-order chi connectivity index (χ1) is 6.07. The number of hydrogen-bond donors (Lipinski definition) is 3. The smallest absolute Gasteiger partial charge is 0.339 e. The largest absolute Gasteiger partial charge is 0.506 e. The van der Waals surface area contributed by atoms with Crippen molar-refractivity contribution >= 4 is 17.7 Å². The van der Waals surface area contributed by atoms with E-state index in [1.807, 2.05) is 0 Å². The van der Waals surface area contributed by atoms with Crippen molar-refractivity contribution in [2.24, 2.45) is 0 Å². The summed E-state index contributed by atoms with van der Waals surface area (Å²) in [6.07, 6.45) is 1.32. The van der Waals surface area contributed by atoms with E-state index in [2.05, 4.69) is 6.58 Å². The van der Waals surface area contributed by atoms with Gasteiger partial charge in [0, 0.05) is 11.3 Å². The Morgan fingerprint density at radius 2 is 2.15 bits per heavy atom. The number of aromatic carboxylic acids is 1. The molecular formula is C9H9NO3. The molecule has 0 fully saturated rings. The van der Waals surface area contributed by atoms with Crippen LogP contribution in [0.1, 0.15) is 15.9 Å². The van der Waals surface area contributed by atoms with Crippen LogP contribution in [0, 0.1) is 0 Å². The first-order valence-electron chi connectivity index (χ1n) is 3.55. The third kappa shape index (κ3) is 1.46. The van der Waals surface area contributed by atoms with Gasteiger partial charge in [0.1, 0.15) is 11.3 Å². The van der Waals surface area contributed by atoms with E-state index in [9.17, 15) is 9.90 Å². The standard InChI is InChI=1S/C9H9NO3/c1-2-5-7(10)4-3-6(8(5)11)9(12)13/h2-4,11H,1,10H2,(H,12,13). The maximum atomic E-state index is 10.6. The first kappa shape index (κ1) is 9.12. The van der Waals surface area contributed by atoms with Gasteiger partial charge >= 0.3 is 5.97 Å². The lowest BCUT2D eigenvalue weighted by atomic mass is 10.1. The van der Waals surface area contributed by atoms with Gasteiger partial charge < -0.3 is 15.9 Å². The highest BCUT2D eigenvalue weighted by Crippen LogP contribution is 2.28. The van der Waals surface area contributed by atoms with Gasteiger partial charge in [-0.3, -0.25) is 0 Å². The molecule has 0 saturated heterocycles. The number of hydrogen-bond acceptors (Lipinski definition) is 3. The summed E-state index contributed by atoms with van der Waals surface area (Å²) >= 11 is 0. The summed E-state index contributed by atoms with van der Waals surface area (Å²) in [6.45, 7) is 3.42. The van der Waals surface area contributed by atoms with Crippen LogP contribution in [-0.2, 0) is 0 Å². The molecule has 0 aliphatic rings. The second-order valence-electron chi connectivity index (χ2n) is 2.47.